The summed E-state index contributed by atoms with van der Waals surface area (Å²) in [5, 5.41) is 23.9. The molecule has 116 valence electrons. The molecule has 1 atom stereocenters. The highest BCUT2D eigenvalue weighted by Gasteiger charge is 2.33. The molecule has 0 aliphatic carbocycles. The Kier molecular flexibility index (Phi) is 2.56. The number of imide groups is 1. The molecule has 4 amide bonds. The Bertz CT molecular complexity index is 1040. The van der Waals surface area contributed by atoms with Gasteiger partial charge in [0.05, 0.1) is 10.7 Å². The summed E-state index contributed by atoms with van der Waals surface area (Å²) in [4.78, 5) is 42.0. The van der Waals surface area contributed by atoms with Crippen LogP contribution >= 0.6 is 0 Å². The Morgan fingerprint density at radius 3 is 2.65 bits per heavy atom. The van der Waals surface area contributed by atoms with Crippen molar-refractivity contribution in [2.75, 3.05) is 0 Å². The average Bonchev–Trinajstić information content (AvgIpc) is 2.98. The molecule has 2 aliphatic rings. The van der Waals surface area contributed by atoms with Crippen LogP contribution < -0.4 is 16.0 Å². The van der Waals surface area contributed by atoms with E-state index in [1.54, 1.807) is 0 Å². The summed E-state index contributed by atoms with van der Waals surface area (Å²) < 4.78 is 1.05. The highest BCUT2D eigenvalue weighted by atomic mass is 16.3. The number of benzene rings is 1. The van der Waals surface area contributed by atoms with E-state index in [-0.39, 0.29) is 34.9 Å². The van der Waals surface area contributed by atoms with E-state index in [4.69, 9.17) is 0 Å². The van der Waals surface area contributed by atoms with Crippen molar-refractivity contribution < 1.29 is 24.6 Å². The molecule has 0 radical (unpaired) electrons. The fourth-order valence-corrected chi connectivity index (χ4v) is 2.99. The van der Waals surface area contributed by atoms with E-state index < -0.39 is 29.8 Å². The number of urea groups is 1. The largest absolute Gasteiger partial charge is 0.494 e. The number of piperidine rings is 1. The number of rotatable bonds is 1. The topological polar surface area (TPSA) is 133 Å². The summed E-state index contributed by atoms with van der Waals surface area (Å²) in [6, 6.07) is 1.37. The van der Waals surface area contributed by atoms with Gasteiger partial charge >= 0.3 is 6.03 Å². The van der Waals surface area contributed by atoms with E-state index in [0.717, 1.165) is 4.57 Å². The zero-order valence-electron chi connectivity index (χ0n) is 11.6. The third-order valence-corrected chi connectivity index (χ3v) is 4.02. The molecule has 1 fully saturated rings. The van der Waals surface area contributed by atoms with Crippen LogP contribution in [-0.2, 0) is 9.59 Å². The molecule has 4 rings (SSSR count). The smallest absolute Gasteiger partial charge is 0.368 e. The molecule has 1 unspecified atom stereocenters. The molecule has 1 aromatic heterocycles. The second kappa shape index (κ2) is 4.38. The van der Waals surface area contributed by atoms with Gasteiger partial charge in [0.1, 0.15) is 11.4 Å². The molecule has 2 aliphatic heterocycles. The Hall–Kier alpha value is -3.23. The van der Waals surface area contributed by atoms with E-state index in [2.05, 4.69) is 15.3 Å². The van der Waals surface area contributed by atoms with Gasteiger partial charge in [-0.2, -0.15) is 9.98 Å². The highest BCUT2D eigenvalue weighted by Crippen LogP contribution is 2.38. The lowest BCUT2D eigenvalue weighted by Gasteiger charge is -2.23. The van der Waals surface area contributed by atoms with Crippen LogP contribution in [0.4, 0.5) is 4.79 Å². The van der Waals surface area contributed by atoms with Crippen molar-refractivity contribution in [2.45, 2.75) is 18.9 Å². The summed E-state index contributed by atoms with van der Waals surface area (Å²) in [6.45, 7) is 0. The van der Waals surface area contributed by atoms with E-state index in [0.29, 0.717) is 5.36 Å². The van der Waals surface area contributed by atoms with Gasteiger partial charge in [-0.1, -0.05) is 0 Å². The van der Waals surface area contributed by atoms with Crippen molar-refractivity contribution in [1.82, 2.24) is 9.88 Å². The lowest BCUT2D eigenvalue weighted by atomic mass is 10.1. The Labute approximate surface area is 127 Å². The lowest BCUT2D eigenvalue weighted by molar-refractivity contribution is -0.135. The van der Waals surface area contributed by atoms with Gasteiger partial charge in [-0.05, 0) is 18.6 Å². The molecule has 1 aromatic carbocycles. The number of carbonyl (C=O) groups excluding carboxylic acids is 3. The van der Waals surface area contributed by atoms with E-state index >= 15 is 0 Å². The third-order valence-electron chi connectivity index (χ3n) is 4.02. The monoisotopic (exact) mass is 314 g/mol. The molecule has 23 heavy (non-hydrogen) atoms. The summed E-state index contributed by atoms with van der Waals surface area (Å²) in [6.07, 6.45) is 0.246. The van der Waals surface area contributed by atoms with Gasteiger partial charge < -0.3 is 10.2 Å². The number of hydrogen-bond acceptors (Lipinski definition) is 5. The first-order valence-electron chi connectivity index (χ1n) is 6.87. The quantitative estimate of drug-likeness (QED) is 0.605. The number of amides is 4. The van der Waals surface area contributed by atoms with Crippen molar-refractivity contribution in [2.24, 2.45) is 9.98 Å². The molecule has 0 spiro atoms. The van der Waals surface area contributed by atoms with Crippen LogP contribution in [0.2, 0.25) is 0 Å². The molecular weight excluding hydrogens is 304 g/mol. The van der Waals surface area contributed by atoms with Gasteiger partial charge in [0.25, 0.3) is 0 Å². The minimum Gasteiger partial charge on any atom is -0.494 e. The first-order valence-corrected chi connectivity index (χ1v) is 6.87. The predicted octanol–water partition coefficient (Wildman–Crippen LogP) is -0.597. The van der Waals surface area contributed by atoms with Crippen molar-refractivity contribution in [1.29, 1.82) is 0 Å². The van der Waals surface area contributed by atoms with Crippen molar-refractivity contribution in [3.8, 4) is 11.8 Å². The van der Waals surface area contributed by atoms with Gasteiger partial charge in [0.2, 0.25) is 23.6 Å². The molecule has 1 saturated heterocycles. The Balaban J connectivity index is 2.01. The molecule has 0 saturated carbocycles. The zero-order chi connectivity index (χ0) is 16.3. The first kappa shape index (κ1) is 13.4. The summed E-state index contributed by atoms with van der Waals surface area (Å²) >= 11 is 0. The van der Waals surface area contributed by atoms with Gasteiger partial charge in [0, 0.05) is 11.8 Å². The van der Waals surface area contributed by atoms with Crippen LogP contribution in [0.5, 0.6) is 11.8 Å². The minimum atomic E-state index is -0.926. The first-order chi connectivity index (χ1) is 11.0. The number of nitrogens with one attached hydrogen (secondary N) is 1. The maximum atomic E-state index is 12.0. The molecule has 0 bridgehead atoms. The molecule has 2 aromatic rings. The number of nitrogens with zero attached hydrogens (tertiary/aromatic N) is 3. The van der Waals surface area contributed by atoms with E-state index in [1.807, 2.05) is 0 Å². The third kappa shape index (κ3) is 1.76. The fraction of sp³-hybridized carbons (Fsp3) is 0.214. The lowest BCUT2D eigenvalue weighted by Crippen LogP contribution is -2.41. The second-order valence-electron chi connectivity index (χ2n) is 5.35. The standard InChI is InChI=1S/C14H10N4O5/c19-8-4-3-7(11(20)16-8)18-12(21)5-1-2-6-10(9(5)13(18)22)17-14(23)15-6/h1-2,7,21-22H,3-4H2,(H,16,19,20). The van der Waals surface area contributed by atoms with Crippen LogP contribution in [0.25, 0.3) is 10.8 Å². The molecule has 3 heterocycles. The number of fused-ring (bicyclic) bond motifs is 3. The highest BCUT2D eigenvalue weighted by molar-refractivity contribution is 6.01. The maximum Gasteiger partial charge on any atom is 0.368 e. The Morgan fingerprint density at radius 2 is 1.91 bits per heavy atom. The number of carbonyl (C=O) groups is 3. The van der Waals surface area contributed by atoms with Gasteiger partial charge in [-0.3, -0.25) is 19.5 Å². The van der Waals surface area contributed by atoms with Gasteiger partial charge in [-0.25, -0.2) is 4.79 Å². The summed E-state index contributed by atoms with van der Waals surface area (Å²) in [5.74, 6) is -1.73. The number of aromatic hydroxyl groups is 2. The minimum absolute atomic E-state index is 0.0973. The zero-order valence-corrected chi connectivity index (χ0v) is 11.6. The molecular formula is C14H10N4O5. The van der Waals surface area contributed by atoms with E-state index in [9.17, 15) is 24.6 Å². The average molecular weight is 314 g/mol. The van der Waals surface area contributed by atoms with Gasteiger partial charge in [0.15, 0.2) is 0 Å². The Morgan fingerprint density at radius 1 is 1.13 bits per heavy atom. The number of hydrogen-bond donors (Lipinski definition) is 3. The normalized spacial score (nSPS) is 20.2. The van der Waals surface area contributed by atoms with Crippen LogP contribution in [-0.4, -0.2) is 32.6 Å². The maximum absolute atomic E-state index is 12.0. The van der Waals surface area contributed by atoms with E-state index in [1.165, 1.54) is 12.1 Å². The predicted molar refractivity (Wildman–Crippen MR) is 74.4 cm³/mol. The van der Waals surface area contributed by atoms with Crippen molar-refractivity contribution >= 4 is 28.6 Å². The van der Waals surface area contributed by atoms with Crippen molar-refractivity contribution in [3.05, 3.63) is 22.8 Å². The van der Waals surface area contributed by atoms with Crippen LogP contribution in [0, 0.1) is 0 Å². The molecule has 9 nitrogen and oxygen atoms in total. The SMILES string of the molecule is O=C1N=c2ccc3c(O)n(C4CCC(=O)NC4=O)c(O)c3c2=N1. The number of aromatic nitrogens is 1. The summed E-state index contributed by atoms with van der Waals surface area (Å²) in [7, 11) is 0. The van der Waals surface area contributed by atoms with Crippen LogP contribution in [0.3, 0.4) is 0 Å². The molecule has 3 N–H and O–H groups in total. The van der Waals surface area contributed by atoms with Crippen LogP contribution in [0.15, 0.2) is 22.1 Å². The van der Waals surface area contributed by atoms with Crippen LogP contribution in [0.1, 0.15) is 18.9 Å². The second-order valence-corrected chi connectivity index (χ2v) is 5.35. The fourth-order valence-electron chi connectivity index (χ4n) is 2.99. The summed E-state index contributed by atoms with van der Waals surface area (Å²) in [5.41, 5.74) is 0. The van der Waals surface area contributed by atoms with Crippen molar-refractivity contribution in [3.63, 3.8) is 0 Å². The molecule has 9 heteroatoms. The van der Waals surface area contributed by atoms with Gasteiger partial charge in [-0.15, -0.1) is 0 Å².